The number of nitrogens with zero attached hydrogens (tertiary/aromatic N) is 2. The largest absolute Gasteiger partial charge is 0.398 e. The van der Waals surface area contributed by atoms with Crippen LogP contribution in [0.1, 0.15) is 0 Å². The molecular formula is C11H16N4O2S. The molecule has 1 aromatic heterocycles. The third-order valence-corrected chi connectivity index (χ3v) is 3.77. The fourth-order valence-electron chi connectivity index (χ4n) is 1.71. The average Bonchev–Trinajstić information content (AvgIpc) is 2.80. The van der Waals surface area contributed by atoms with Crippen LogP contribution < -0.4 is 16.4 Å². The minimum atomic E-state index is 0.000882. The number of fused-ring (bicyclic) bond motifs is 1. The van der Waals surface area contributed by atoms with Gasteiger partial charge in [0.05, 0.1) is 29.3 Å². The zero-order valence-electron chi connectivity index (χ0n) is 9.83. The summed E-state index contributed by atoms with van der Waals surface area (Å²) in [5.41, 5.74) is 13.6. The predicted octanol–water partition coefficient (Wildman–Crippen LogP) is 0.252. The number of benzene rings is 1. The number of nitrogens with two attached hydrogens (primary N) is 2. The number of rotatable bonds is 5. The molecule has 98 valence electrons. The molecule has 0 aliphatic heterocycles. The summed E-state index contributed by atoms with van der Waals surface area (Å²) in [5.74, 6) is 0. The fourth-order valence-corrected chi connectivity index (χ4v) is 2.79. The van der Waals surface area contributed by atoms with Gasteiger partial charge in [-0.1, -0.05) is 11.3 Å². The summed E-state index contributed by atoms with van der Waals surface area (Å²) < 4.78 is 0.839. The average molecular weight is 268 g/mol. The SMILES string of the molecule is Nc1ccc(N)c2sc(N(CCO)CCO)nc12. The molecule has 0 atom stereocenters. The van der Waals surface area contributed by atoms with E-state index in [0.717, 1.165) is 4.70 Å². The predicted molar refractivity (Wildman–Crippen MR) is 74.8 cm³/mol. The van der Waals surface area contributed by atoms with Gasteiger partial charge in [-0.05, 0) is 12.1 Å². The first-order chi connectivity index (χ1) is 8.67. The first-order valence-electron chi connectivity index (χ1n) is 5.58. The van der Waals surface area contributed by atoms with Gasteiger partial charge in [0.2, 0.25) is 0 Å². The minimum Gasteiger partial charge on any atom is -0.398 e. The van der Waals surface area contributed by atoms with Crippen LogP contribution in [-0.4, -0.2) is 41.5 Å². The Labute approximate surface area is 108 Å². The second kappa shape index (κ2) is 5.38. The molecule has 0 aliphatic rings. The normalized spacial score (nSPS) is 11.0. The van der Waals surface area contributed by atoms with E-state index in [4.69, 9.17) is 21.7 Å². The summed E-state index contributed by atoms with van der Waals surface area (Å²) in [6.45, 7) is 0.835. The number of hydrogen-bond donors (Lipinski definition) is 4. The van der Waals surface area contributed by atoms with Crippen molar-refractivity contribution in [1.29, 1.82) is 0 Å². The van der Waals surface area contributed by atoms with Crippen molar-refractivity contribution in [3.63, 3.8) is 0 Å². The van der Waals surface area contributed by atoms with E-state index in [9.17, 15) is 0 Å². The maximum absolute atomic E-state index is 9.01. The molecule has 18 heavy (non-hydrogen) atoms. The van der Waals surface area contributed by atoms with Gasteiger partial charge in [-0.3, -0.25) is 0 Å². The summed E-state index contributed by atoms with van der Waals surface area (Å²) >= 11 is 1.41. The molecule has 0 saturated heterocycles. The van der Waals surface area contributed by atoms with E-state index in [1.807, 2.05) is 4.90 Å². The summed E-state index contributed by atoms with van der Waals surface area (Å²) in [7, 11) is 0. The van der Waals surface area contributed by atoms with Gasteiger partial charge >= 0.3 is 0 Å². The van der Waals surface area contributed by atoms with E-state index in [1.54, 1.807) is 12.1 Å². The standard InChI is InChI=1S/C11H16N4O2S/c12-7-1-2-8(13)10-9(7)14-11(18-10)15(3-5-16)4-6-17/h1-2,16-17H,3-6,12-13H2. The number of aromatic nitrogens is 1. The Hall–Kier alpha value is -1.57. The number of thiazole rings is 1. The van der Waals surface area contributed by atoms with Crippen molar-refractivity contribution in [3.8, 4) is 0 Å². The van der Waals surface area contributed by atoms with E-state index >= 15 is 0 Å². The molecule has 6 nitrogen and oxygen atoms in total. The van der Waals surface area contributed by atoms with Crippen molar-refractivity contribution in [2.24, 2.45) is 0 Å². The number of anilines is 3. The molecule has 0 amide bonds. The molecule has 0 aliphatic carbocycles. The molecule has 2 rings (SSSR count). The van der Waals surface area contributed by atoms with Gasteiger partial charge < -0.3 is 26.6 Å². The second-order valence-electron chi connectivity index (χ2n) is 3.85. The lowest BCUT2D eigenvalue weighted by molar-refractivity contribution is 0.281. The highest BCUT2D eigenvalue weighted by Crippen LogP contribution is 2.35. The van der Waals surface area contributed by atoms with Gasteiger partial charge in [0.1, 0.15) is 5.52 Å². The van der Waals surface area contributed by atoms with Crippen LogP contribution in [0, 0.1) is 0 Å². The zero-order chi connectivity index (χ0) is 13.1. The Morgan fingerprint density at radius 2 is 1.72 bits per heavy atom. The molecule has 0 bridgehead atoms. The summed E-state index contributed by atoms with van der Waals surface area (Å²) in [6, 6.07) is 3.48. The molecule has 0 spiro atoms. The molecule has 6 N–H and O–H groups in total. The molecule has 0 saturated carbocycles. The Morgan fingerprint density at radius 1 is 1.11 bits per heavy atom. The Kier molecular flexibility index (Phi) is 3.85. The zero-order valence-corrected chi connectivity index (χ0v) is 10.7. The molecule has 0 fully saturated rings. The molecule has 1 aromatic carbocycles. The molecule has 0 radical (unpaired) electrons. The third-order valence-electron chi connectivity index (χ3n) is 2.60. The van der Waals surface area contributed by atoms with Crippen molar-refractivity contribution in [3.05, 3.63) is 12.1 Å². The summed E-state index contributed by atoms with van der Waals surface area (Å²) in [5, 5.41) is 18.7. The first-order valence-corrected chi connectivity index (χ1v) is 6.40. The van der Waals surface area contributed by atoms with Crippen LogP contribution in [0.3, 0.4) is 0 Å². The lowest BCUT2D eigenvalue weighted by atomic mass is 10.2. The van der Waals surface area contributed by atoms with Gasteiger partial charge in [-0.15, -0.1) is 0 Å². The minimum absolute atomic E-state index is 0.000882. The van der Waals surface area contributed by atoms with Crippen LogP contribution in [0.5, 0.6) is 0 Å². The van der Waals surface area contributed by atoms with E-state index in [0.29, 0.717) is 35.1 Å². The molecule has 1 heterocycles. The monoisotopic (exact) mass is 268 g/mol. The third kappa shape index (κ3) is 2.33. The maximum Gasteiger partial charge on any atom is 0.186 e. The molecule has 7 heteroatoms. The Morgan fingerprint density at radius 3 is 2.28 bits per heavy atom. The van der Waals surface area contributed by atoms with Gasteiger partial charge in [0.25, 0.3) is 0 Å². The lowest BCUT2D eigenvalue weighted by Crippen LogP contribution is -2.29. The van der Waals surface area contributed by atoms with Crippen molar-refractivity contribution >= 4 is 38.1 Å². The van der Waals surface area contributed by atoms with Gasteiger partial charge in [0, 0.05) is 13.1 Å². The number of aliphatic hydroxyl groups is 2. The van der Waals surface area contributed by atoms with Crippen molar-refractivity contribution in [1.82, 2.24) is 4.98 Å². The van der Waals surface area contributed by atoms with Crippen LogP contribution in [0.15, 0.2) is 12.1 Å². The van der Waals surface area contributed by atoms with E-state index in [2.05, 4.69) is 4.98 Å². The summed E-state index contributed by atoms with van der Waals surface area (Å²) in [4.78, 5) is 6.24. The van der Waals surface area contributed by atoms with Gasteiger partial charge in [-0.2, -0.15) is 0 Å². The highest BCUT2D eigenvalue weighted by atomic mass is 32.1. The number of aliphatic hydroxyl groups excluding tert-OH is 2. The van der Waals surface area contributed by atoms with Crippen molar-refractivity contribution in [2.75, 3.05) is 42.7 Å². The highest BCUT2D eigenvalue weighted by Gasteiger charge is 2.14. The molecular weight excluding hydrogens is 252 g/mol. The van der Waals surface area contributed by atoms with Crippen LogP contribution >= 0.6 is 11.3 Å². The van der Waals surface area contributed by atoms with Crippen LogP contribution in [0.4, 0.5) is 16.5 Å². The molecule has 0 unspecified atom stereocenters. The highest BCUT2D eigenvalue weighted by molar-refractivity contribution is 7.22. The van der Waals surface area contributed by atoms with Crippen LogP contribution in [0.25, 0.3) is 10.2 Å². The fraction of sp³-hybridized carbons (Fsp3) is 0.364. The maximum atomic E-state index is 9.01. The topological polar surface area (TPSA) is 109 Å². The van der Waals surface area contributed by atoms with Crippen molar-refractivity contribution < 1.29 is 10.2 Å². The van der Waals surface area contributed by atoms with Crippen molar-refractivity contribution in [2.45, 2.75) is 0 Å². The second-order valence-corrected chi connectivity index (χ2v) is 4.83. The van der Waals surface area contributed by atoms with E-state index in [-0.39, 0.29) is 13.2 Å². The smallest absolute Gasteiger partial charge is 0.186 e. The molecule has 2 aromatic rings. The first kappa shape index (κ1) is 12.9. The number of hydrogen-bond acceptors (Lipinski definition) is 7. The van der Waals surface area contributed by atoms with E-state index < -0.39 is 0 Å². The Balaban J connectivity index is 2.44. The van der Waals surface area contributed by atoms with Gasteiger partial charge in [0.15, 0.2) is 5.13 Å². The van der Waals surface area contributed by atoms with E-state index in [1.165, 1.54) is 11.3 Å². The number of nitrogen functional groups attached to an aromatic ring is 2. The quantitative estimate of drug-likeness (QED) is 0.579. The summed E-state index contributed by atoms with van der Waals surface area (Å²) in [6.07, 6.45) is 0. The van der Waals surface area contributed by atoms with Crippen LogP contribution in [0.2, 0.25) is 0 Å². The van der Waals surface area contributed by atoms with Gasteiger partial charge in [-0.25, -0.2) is 4.98 Å². The van der Waals surface area contributed by atoms with Crippen LogP contribution in [-0.2, 0) is 0 Å². The Bertz CT molecular complexity index is 498. The lowest BCUT2D eigenvalue weighted by Gasteiger charge is -2.18.